The molecule has 11 rings (SSSR count). The summed E-state index contributed by atoms with van der Waals surface area (Å²) in [4.78, 5) is 24.1. The highest BCUT2D eigenvalue weighted by atomic mass is 32.1. The number of nitrogens with one attached hydrogen (secondary N) is 3. The Balaban J connectivity index is 0.000000363. The molecule has 0 aromatic carbocycles. The van der Waals surface area contributed by atoms with Crippen molar-refractivity contribution >= 4 is 45.5 Å². The van der Waals surface area contributed by atoms with Gasteiger partial charge < -0.3 is 13.3 Å². The van der Waals surface area contributed by atoms with Gasteiger partial charge in [0, 0.05) is 95.4 Å². The van der Waals surface area contributed by atoms with Crippen LogP contribution in [0.3, 0.4) is 0 Å². The Morgan fingerprint density at radius 3 is 1.55 bits per heavy atom. The van der Waals surface area contributed by atoms with Crippen LogP contribution in [0.25, 0.3) is 0 Å². The predicted octanol–water partition coefficient (Wildman–Crippen LogP) is 11.3. The van der Waals surface area contributed by atoms with Crippen molar-refractivity contribution in [2.24, 2.45) is 7.05 Å². The number of aryl methyl sites for hydroxylation is 11. The second-order valence-corrected chi connectivity index (χ2v) is 16.2. The van der Waals surface area contributed by atoms with E-state index in [2.05, 4.69) is 74.4 Å². The van der Waals surface area contributed by atoms with Gasteiger partial charge in [0.1, 0.15) is 18.3 Å². The molecule has 3 N–H and O–H groups in total. The Bertz CT molecular complexity index is 1840. The fourth-order valence-corrected chi connectivity index (χ4v) is 5.22. The van der Waals surface area contributed by atoms with Crippen molar-refractivity contribution in [1.82, 2.24) is 74.6 Å². The SMILES string of the molecule is Cc1ccn[nH]1.Cc1ccn[nH]1.Cc1ccsn1.Cc1cn[nH]c1.Cc1cnco1.Cc1cncs1.Cc1cocn1.Cc1cscn1.Cc1ncco1.Cc1nccs1.Cn1cccn1. The van der Waals surface area contributed by atoms with Gasteiger partial charge in [0.05, 0.1) is 46.0 Å². The normalized spacial score (nSPS) is 8.83. The van der Waals surface area contributed by atoms with Crippen LogP contribution in [0.4, 0.5) is 0 Å². The number of hydrogen-bond donors (Lipinski definition) is 3. The molecule has 0 atom stereocenters. The molecule has 22 heteroatoms. The average Bonchev–Trinajstić information content (AvgIpc) is 4.13. The van der Waals surface area contributed by atoms with E-state index in [1.165, 1.54) is 34.8 Å². The third-order valence-electron chi connectivity index (χ3n) is 6.45. The molecule has 11 aromatic rings. The first kappa shape index (κ1) is 57.0. The molecule has 0 saturated heterocycles. The van der Waals surface area contributed by atoms with Crippen LogP contribution in [0.2, 0.25) is 0 Å². The van der Waals surface area contributed by atoms with E-state index >= 15 is 0 Å². The molecule has 352 valence electrons. The van der Waals surface area contributed by atoms with Crippen molar-refractivity contribution in [1.29, 1.82) is 0 Å². The van der Waals surface area contributed by atoms with Crippen molar-refractivity contribution in [3.8, 4) is 0 Å². The van der Waals surface area contributed by atoms with Crippen LogP contribution in [-0.4, -0.2) is 74.6 Å². The van der Waals surface area contributed by atoms with Crippen LogP contribution in [0.5, 0.6) is 0 Å². The Hall–Kier alpha value is -7.01. The number of oxazole rings is 3. The Labute approximate surface area is 401 Å². The van der Waals surface area contributed by atoms with Gasteiger partial charge in [-0.25, -0.2) is 15.0 Å². The third-order valence-corrected chi connectivity index (χ3v) is 9.22. The van der Waals surface area contributed by atoms with Gasteiger partial charge in [-0.15, -0.1) is 34.0 Å². The van der Waals surface area contributed by atoms with Gasteiger partial charge >= 0.3 is 0 Å². The Morgan fingerprint density at radius 1 is 0.636 bits per heavy atom. The van der Waals surface area contributed by atoms with E-state index in [0.29, 0.717) is 0 Å². The van der Waals surface area contributed by atoms with Crippen LogP contribution in [0, 0.1) is 69.2 Å². The molecule has 11 heterocycles. The van der Waals surface area contributed by atoms with E-state index in [0.717, 1.165) is 45.1 Å². The zero-order valence-corrected chi connectivity index (χ0v) is 42.3. The quantitative estimate of drug-likeness (QED) is 0.128. The largest absolute Gasteiger partial charge is 0.452 e. The van der Waals surface area contributed by atoms with Crippen molar-refractivity contribution in [2.75, 3.05) is 0 Å². The summed E-state index contributed by atoms with van der Waals surface area (Å²) < 4.78 is 19.8. The molecule has 0 spiro atoms. The van der Waals surface area contributed by atoms with Crippen LogP contribution < -0.4 is 0 Å². The number of nitrogens with zero attached hydrogens (tertiary/aromatic N) is 12. The number of aromatic amines is 3. The summed E-state index contributed by atoms with van der Waals surface area (Å²) in [6, 6.07) is 7.71. The minimum atomic E-state index is 0.718. The Kier molecular flexibility index (Phi) is 33.2. The van der Waals surface area contributed by atoms with E-state index in [1.807, 2.05) is 139 Å². The molecule has 0 saturated carbocycles. The van der Waals surface area contributed by atoms with Gasteiger partial charge in [0.2, 0.25) is 0 Å². The number of H-pyrrole nitrogens is 3. The second kappa shape index (κ2) is 38.4. The van der Waals surface area contributed by atoms with Gasteiger partial charge in [0.25, 0.3) is 0 Å². The highest BCUT2D eigenvalue weighted by molar-refractivity contribution is 7.09. The molecular formula is C44H59N15O3S4. The first-order valence-corrected chi connectivity index (χ1v) is 23.2. The minimum absolute atomic E-state index is 0.718. The summed E-state index contributed by atoms with van der Waals surface area (Å²) in [5.74, 6) is 1.57. The monoisotopic (exact) mass is 973 g/mol. The van der Waals surface area contributed by atoms with E-state index in [9.17, 15) is 0 Å². The topological polar surface area (TPSA) is 234 Å². The van der Waals surface area contributed by atoms with E-state index in [-0.39, 0.29) is 0 Å². The van der Waals surface area contributed by atoms with Crippen molar-refractivity contribution < 1.29 is 13.3 Å². The average molecular weight is 974 g/mol. The zero-order chi connectivity index (χ0) is 48.5. The Morgan fingerprint density at radius 2 is 1.39 bits per heavy atom. The summed E-state index contributed by atoms with van der Waals surface area (Å²) >= 11 is 6.45. The lowest BCUT2D eigenvalue weighted by atomic mass is 10.4. The number of rotatable bonds is 0. The van der Waals surface area contributed by atoms with E-state index < -0.39 is 0 Å². The van der Waals surface area contributed by atoms with Gasteiger partial charge in [-0.2, -0.15) is 24.8 Å². The standard InChI is InChI=1S/4C4H6N2.3C4H5NO.4C4H5NS/c1-4-2-5-6-3-4;1-6-4-2-3-5-6;2*1-4-2-3-5-6-4;1-4-2-6-3-5-4;1-4-2-5-3-6-4;1-4-5-2-3-6-4;1-4-2-6-3-5-4;1-4-2-5-3-6-4;1-4-5-2-3-6-4;1-4-2-3-6-5-4/h2-3H,1H3,(H,5,6);2-4H,1H3;2*2-3H,1H3,(H,5,6);7*2-3H,1H3. The maximum absolute atomic E-state index is 4.72. The molecule has 18 nitrogen and oxygen atoms in total. The maximum atomic E-state index is 4.72. The summed E-state index contributed by atoms with van der Waals surface area (Å²) in [5, 5.41) is 30.2. The van der Waals surface area contributed by atoms with Crippen molar-refractivity contribution in [2.45, 2.75) is 69.2 Å². The first-order chi connectivity index (χ1) is 31.8. The molecule has 0 radical (unpaired) electrons. The molecule has 66 heavy (non-hydrogen) atoms. The number of aromatic nitrogens is 15. The van der Waals surface area contributed by atoms with Gasteiger partial charge in [-0.3, -0.25) is 34.9 Å². The molecule has 0 aliphatic heterocycles. The van der Waals surface area contributed by atoms with E-state index in [1.54, 1.807) is 102 Å². The van der Waals surface area contributed by atoms with Crippen molar-refractivity contribution in [3.05, 3.63) is 194 Å². The first-order valence-electron chi connectivity index (χ1n) is 19.6. The molecule has 0 aliphatic carbocycles. The minimum Gasteiger partial charge on any atom is -0.452 e. The highest BCUT2D eigenvalue weighted by Gasteiger charge is 1.81. The highest BCUT2D eigenvalue weighted by Crippen LogP contribution is 2.00. The predicted molar refractivity (Wildman–Crippen MR) is 264 cm³/mol. The lowest BCUT2D eigenvalue weighted by Gasteiger charge is -1.77. The molecular weight excluding hydrogens is 915 g/mol. The van der Waals surface area contributed by atoms with Crippen LogP contribution in [-0.2, 0) is 7.05 Å². The lowest BCUT2D eigenvalue weighted by Crippen LogP contribution is -1.83. The van der Waals surface area contributed by atoms with Crippen LogP contribution in [0.1, 0.15) is 55.6 Å². The zero-order valence-electron chi connectivity index (χ0n) is 39.0. The summed E-state index contributed by atoms with van der Waals surface area (Å²) in [7, 11) is 1.89. The molecule has 11 aromatic heterocycles. The molecule has 0 bridgehead atoms. The third kappa shape index (κ3) is 36.5. The lowest BCUT2D eigenvalue weighted by molar-refractivity contribution is 0.521. The molecule has 0 unspecified atom stereocenters. The molecule has 0 amide bonds. The summed E-state index contributed by atoms with van der Waals surface area (Å²) in [5.41, 5.74) is 10.2. The van der Waals surface area contributed by atoms with Gasteiger partial charge in [-0.05, 0) is 104 Å². The van der Waals surface area contributed by atoms with Crippen molar-refractivity contribution in [3.63, 3.8) is 0 Å². The molecule has 0 aliphatic rings. The smallest absolute Gasteiger partial charge is 0.190 e. The summed E-state index contributed by atoms with van der Waals surface area (Å²) in [6.45, 7) is 19.5. The fourth-order valence-electron chi connectivity index (χ4n) is 3.28. The van der Waals surface area contributed by atoms with Gasteiger partial charge in [-0.1, -0.05) is 0 Å². The fraction of sp³-hybridized carbons (Fsp3) is 0.250. The van der Waals surface area contributed by atoms with Crippen LogP contribution >= 0.6 is 45.5 Å². The molecule has 0 fully saturated rings. The van der Waals surface area contributed by atoms with Gasteiger partial charge in [0.15, 0.2) is 18.7 Å². The second-order valence-electron chi connectivity index (χ2n) is 12.7. The van der Waals surface area contributed by atoms with E-state index in [4.69, 9.17) is 8.83 Å². The maximum Gasteiger partial charge on any atom is 0.190 e. The number of thiazole rings is 3. The summed E-state index contributed by atoms with van der Waals surface area (Å²) in [6.07, 6.45) is 23.6. The van der Waals surface area contributed by atoms with Crippen LogP contribution in [0.15, 0.2) is 152 Å². The number of hydrogen-bond acceptors (Lipinski definition) is 18.